The van der Waals surface area contributed by atoms with Gasteiger partial charge in [-0.1, -0.05) is 13.8 Å². The highest BCUT2D eigenvalue weighted by Gasteiger charge is 2.38. The molecule has 1 saturated heterocycles. The Hall–Kier alpha value is -2.25. The summed E-state index contributed by atoms with van der Waals surface area (Å²) >= 11 is 0. The molecule has 23 heavy (non-hydrogen) atoms. The Balaban J connectivity index is 3.25. The van der Waals surface area contributed by atoms with Gasteiger partial charge in [0.25, 0.3) is 11.8 Å². The summed E-state index contributed by atoms with van der Waals surface area (Å²) in [5, 5.41) is 4.88. The zero-order chi connectivity index (χ0) is 17.7. The fourth-order valence-corrected chi connectivity index (χ4v) is 2.26. The Morgan fingerprint density at radius 1 is 0.957 bits per heavy atom. The first-order valence-electron chi connectivity index (χ1n) is 7.52. The van der Waals surface area contributed by atoms with E-state index in [2.05, 4.69) is 10.6 Å². The lowest BCUT2D eigenvalue weighted by atomic mass is 10.0. The van der Waals surface area contributed by atoms with E-state index in [0.29, 0.717) is 0 Å². The van der Waals surface area contributed by atoms with Gasteiger partial charge in [-0.2, -0.15) is 0 Å². The number of imide groups is 1. The van der Waals surface area contributed by atoms with E-state index in [1.807, 2.05) is 0 Å². The predicted molar refractivity (Wildman–Crippen MR) is 80.6 cm³/mol. The maximum Gasteiger partial charge on any atom is 0.252 e. The fraction of sp³-hybridized carbons (Fsp3) is 0.667. The Kier molecular flexibility index (Phi) is 6.41. The van der Waals surface area contributed by atoms with Crippen molar-refractivity contribution in [3.8, 4) is 0 Å². The summed E-state index contributed by atoms with van der Waals surface area (Å²) < 4.78 is 0. The minimum atomic E-state index is -1.09. The van der Waals surface area contributed by atoms with E-state index in [1.54, 1.807) is 20.1 Å². The monoisotopic (exact) mass is 324 g/mol. The van der Waals surface area contributed by atoms with Crippen LogP contribution in [-0.2, 0) is 24.0 Å². The van der Waals surface area contributed by atoms with Crippen LogP contribution in [-0.4, -0.2) is 52.9 Å². The normalized spacial score (nSPS) is 25.5. The number of carbonyl (C=O) groups is 4. The summed E-state index contributed by atoms with van der Waals surface area (Å²) in [6, 6.07) is -3.06. The first-order valence-corrected chi connectivity index (χ1v) is 7.52. The highest BCUT2D eigenvalue weighted by Crippen LogP contribution is 2.14. The van der Waals surface area contributed by atoms with Gasteiger partial charge in [-0.15, -0.1) is 0 Å². The Bertz CT molecular complexity index is 481. The van der Waals surface area contributed by atoms with Gasteiger partial charge in [-0.3, -0.25) is 28.9 Å². The lowest BCUT2D eigenvalue weighted by Crippen LogP contribution is -2.58. The van der Waals surface area contributed by atoms with Gasteiger partial charge in [-0.05, 0) is 19.8 Å². The lowest BCUT2D eigenvalue weighted by Gasteiger charge is -2.32. The quantitative estimate of drug-likeness (QED) is 0.665. The molecule has 1 heterocycles. The average molecular weight is 324 g/mol. The molecule has 0 aromatic heterocycles. The zero-order valence-corrected chi connectivity index (χ0v) is 13.7. The second-order valence-electron chi connectivity index (χ2n) is 5.93. The molecule has 0 saturated carbocycles. The summed E-state index contributed by atoms with van der Waals surface area (Å²) in [7, 11) is 0. The molecule has 1 aliphatic rings. The van der Waals surface area contributed by atoms with Gasteiger partial charge in [0.2, 0.25) is 18.1 Å². The molecular formula is C15H22N3O5. The highest BCUT2D eigenvalue weighted by atomic mass is 16.2. The molecule has 1 aliphatic heterocycles. The van der Waals surface area contributed by atoms with Crippen molar-refractivity contribution in [2.24, 2.45) is 5.92 Å². The number of amides is 4. The van der Waals surface area contributed by atoms with Crippen LogP contribution in [0.2, 0.25) is 0 Å². The van der Waals surface area contributed by atoms with Crippen LogP contribution in [0.1, 0.15) is 40.5 Å². The van der Waals surface area contributed by atoms with Crippen molar-refractivity contribution in [2.75, 3.05) is 0 Å². The molecule has 0 aromatic rings. The van der Waals surface area contributed by atoms with Crippen LogP contribution in [0.25, 0.3) is 0 Å². The lowest BCUT2D eigenvalue weighted by molar-refractivity contribution is -0.150. The second kappa shape index (κ2) is 7.85. The summed E-state index contributed by atoms with van der Waals surface area (Å²) in [4.78, 5) is 60.6. The summed E-state index contributed by atoms with van der Waals surface area (Å²) in [5.74, 6) is -2.70. The van der Waals surface area contributed by atoms with Crippen LogP contribution < -0.4 is 10.6 Å². The minimum absolute atomic E-state index is 0.0855. The van der Waals surface area contributed by atoms with Crippen LogP contribution in [0.4, 0.5) is 0 Å². The first kappa shape index (κ1) is 18.8. The molecule has 0 aromatic carbocycles. The van der Waals surface area contributed by atoms with Gasteiger partial charge >= 0.3 is 0 Å². The topological polar surface area (TPSA) is 113 Å². The summed E-state index contributed by atoms with van der Waals surface area (Å²) in [6.45, 7) is 6.21. The number of hydrogen-bond acceptors (Lipinski definition) is 5. The number of nitrogens with one attached hydrogen (secondary N) is 2. The minimum Gasteiger partial charge on any atom is -0.345 e. The second-order valence-corrected chi connectivity index (χ2v) is 5.93. The molecule has 8 nitrogen and oxygen atoms in total. The Morgan fingerprint density at radius 2 is 1.35 bits per heavy atom. The van der Waals surface area contributed by atoms with Gasteiger partial charge in [0.05, 0.1) is 0 Å². The molecule has 1 rings (SSSR count). The predicted octanol–water partition coefficient (Wildman–Crippen LogP) is -0.721. The zero-order valence-electron chi connectivity index (χ0n) is 13.7. The molecule has 4 amide bonds. The number of hydrogen-bond donors (Lipinski definition) is 2. The largest absolute Gasteiger partial charge is 0.345 e. The van der Waals surface area contributed by atoms with E-state index in [0.717, 1.165) is 4.90 Å². The molecule has 0 spiro atoms. The molecule has 0 unspecified atom stereocenters. The first-order chi connectivity index (χ1) is 10.7. The molecule has 0 bridgehead atoms. The van der Waals surface area contributed by atoms with Gasteiger partial charge in [0, 0.05) is 12.8 Å². The van der Waals surface area contributed by atoms with Crippen molar-refractivity contribution in [2.45, 2.75) is 58.7 Å². The van der Waals surface area contributed by atoms with Gasteiger partial charge in [0.15, 0.2) is 0 Å². The number of carbonyl (C=O) groups excluding carboxylic acids is 5. The maximum absolute atomic E-state index is 12.6. The fourth-order valence-electron chi connectivity index (χ4n) is 2.26. The van der Waals surface area contributed by atoms with Crippen LogP contribution in [0.3, 0.4) is 0 Å². The summed E-state index contributed by atoms with van der Waals surface area (Å²) in [6.07, 6.45) is 1.53. The van der Waals surface area contributed by atoms with E-state index in [-0.39, 0.29) is 18.8 Å². The van der Waals surface area contributed by atoms with Crippen molar-refractivity contribution >= 4 is 29.9 Å². The van der Waals surface area contributed by atoms with Gasteiger partial charge in [-0.25, -0.2) is 0 Å². The van der Waals surface area contributed by atoms with Crippen molar-refractivity contribution in [1.29, 1.82) is 0 Å². The van der Waals surface area contributed by atoms with Crippen LogP contribution in [0, 0.1) is 5.92 Å². The molecule has 3 atom stereocenters. The van der Waals surface area contributed by atoms with Crippen molar-refractivity contribution in [3.05, 3.63) is 0 Å². The third-order valence-corrected chi connectivity index (χ3v) is 3.58. The molecule has 0 aliphatic carbocycles. The van der Waals surface area contributed by atoms with Crippen LogP contribution >= 0.6 is 0 Å². The molecule has 1 radical (unpaired) electrons. The van der Waals surface area contributed by atoms with Crippen molar-refractivity contribution in [3.63, 3.8) is 0 Å². The number of nitrogens with zero attached hydrogens (tertiary/aromatic N) is 1. The smallest absolute Gasteiger partial charge is 0.252 e. The summed E-state index contributed by atoms with van der Waals surface area (Å²) in [5.41, 5.74) is 0. The standard InChI is InChI=1S/C15H22N3O5/c1-8(2)11(7-19)18-14(22)9(3)16-12(20)5-6-13(21)17-10(4)15(18)23/h8-11H,5-6H2,1-4H3,(H,16,20)(H,17,21)/t9-,10-,11+/m0/s1. The van der Waals surface area contributed by atoms with Crippen LogP contribution in [0.15, 0.2) is 0 Å². The number of rotatable bonds is 3. The van der Waals surface area contributed by atoms with Crippen molar-refractivity contribution in [1.82, 2.24) is 15.5 Å². The third-order valence-electron chi connectivity index (χ3n) is 3.58. The van der Waals surface area contributed by atoms with E-state index in [4.69, 9.17) is 0 Å². The SMILES string of the molecule is CC(C)[C@@H]([C]=O)N1C(=O)[C@H](C)NC(=O)CCC(=O)N[C@@H](C)C1=O. The molecule has 1 fully saturated rings. The Morgan fingerprint density at radius 3 is 1.65 bits per heavy atom. The molecule has 127 valence electrons. The van der Waals surface area contributed by atoms with E-state index >= 15 is 0 Å². The third kappa shape index (κ3) is 4.61. The highest BCUT2D eigenvalue weighted by molar-refractivity contribution is 6.04. The molecular weight excluding hydrogens is 302 g/mol. The average Bonchev–Trinajstić information content (AvgIpc) is 2.48. The van der Waals surface area contributed by atoms with E-state index in [1.165, 1.54) is 13.8 Å². The van der Waals surface area contributed by atoms with Gasteiger partial charge in [0.1, 0.15) is 18.1 Å². The Labute approximate surface area is 135 Å². The molecule has 2 N–H and O–H groups in total. The van der Waals surface area contributed by atoms with E-state index in [9.17, 15) is 24.0 Å². The van der Waals surface area contributed by atoms with E-state index < -0.39 is 41.8 Å². The maximum atomic E-state index is 12.6. The van der Waals surface area contributed by atoms with Crippen LogP contribution in [0.5, 0.6) is 0 Å². The molecule has 8 heteroatoms. The van der Waals surface area contributed by atoms with Crippen molar-refractivity contribution < 1.29 is 24.0 Å². The van der Waals surface area contributed by atoms with Gasteiger partial charge < -0.3 is 10.6 Å².